The topological polar surface area (TPSA) is 119 Å². The molecule has 3 aromatic rings. The standard InChI is InChI=1S/C20H27N7O2S/c1-14-6-7-15(30(28,29)25-20(2,3)12-26-8-4-5-9-26)10-16(14)17-11-22-19-18(21)23-13-24-27(17)19/h6-7,10-11,13,25H,4-5,8-9,12H2,1-3H3,(H2,21,23,24). The molecule has 1 aromatic carbocycles. The summed E-state index contributed by atoms with van der Waals surface area (Å²) in [6.45, 7) is 8.46. The number of likely N-dealkylation sites (tertiary alicyclic amines) is 1. The van der Waals surface area contributed by atoms with Gasteiger partial charge in [-0.1, -0.05) is 6.07 Å². The molecular formula is C20H27N7O2S. The molecule has 4 rings (SSSR count). The van der Waals surface area contributed by atoms with Gasteiger partial charge in [0.1, 0.15) is 6.33 Å². The molecule has 3 N–H and O–H groups in total. The van der Waals surface area contributed by atoms with Crippen molar-refractivity contribution < 1.29 is 8.42 Å². The number of imidazole rings is 1. The van der Waals surface area contributed by atoms with Gasteiger partial charge in [0.05, 0.1) is 16.8 Å². The van der Waals surface area contributed by atoms with Gasteiger partial charge in [-0.05, 0) is 64.4 Å². The Kier molecular flexibility index (Phi) is 5.25. The third kappa shape index (κ3) is 4.03. The first-order chi connectivity index (χ1) is 14.2. The molecule has 0 atom stereocenters. The van der Waals surface area contributed by atoms with Crippen LogP contribution in [0.3, 0.4) is 0 Å². The number of nitrogens with one attached hydrogen (secondary N) is 1. The lowest BCUT2D eigenvalue weighted by Crippen LogP contribution is -2.50. The number of hydrogen-bond donors (Lipinski definition) is 2. The Morgan fingerprint density at radius 2 is 1.93 bits per heavy atom. The molecule has 0 aliphatic carbocycles. The lowest BCUT2D eigenvalue weighted by molar-refractivity contribution is 0.257. The van der Waals surface area contributed by atoms with Crippen LogP contribution in [-0.4, -0.2) is 58.1 Å². The minimum atomic E-state index is -3.72. The molecule has 0 amide bonds. The fourth-order valence-corrected chi connectivity index (χ4v) is 5.45. The third-order valence-corrected chi connectivity index (χ3v) is 7.05. The average Bonchev–Trinajstić information content (AvgIpc) is 3.31. The lowest BCUT2D eigenvalue weighted by atomic mass is 10.1. The number of aryl methyl sites for hydroxylation is 1. The van der Waals surface area contributed by atoms with Crippen LogP contribution in [0, 0.1) is 6.92 Å². The van der Waals surface area contributed by atoms with Crippen LogP contribution in [-0.2, 0) is 10.0 Å². The van der Waals surface area contributed by atoms with Crippen molar-refractivity contribution in [3.63, 3.8) is 0 Å². The summed E-state index contributed by atoms with van der Waals surface area (Å²) in [5, 5.41) is 4.22. The first-order valence-corrected chi connectivity index (χ1v) is 11.5. The van der Waals surface area contributed by atoms with E-state index < -0.39 is 15.6 Å². The van der Waals surface area contributed by atoms with Crippen LogP contribution in [0.5, 0.6) is 0 Å². The minimum absolute atomic E-state index is 0.203. The Morgan fingerprint density at radius 3 is 2.67 bits per heavy atom. The van der Waals surface area contributed by atoms with Crippen LogP contribution in [0.1, 0.15) is 32.3 Å². The number of rotatable bonds is 6. The van der Waals surface area contributed by atoms with E-state index in [-0.39, 0.29) is 10.7 Å². The van der Waals surface area contributed by atoms with Crippen molar-refractivity contribution >= 4 is 21.5 Å². The van der Waals surface area contributed by atoms with E-state index in [1.54, 1.807) is 28.9 Å². The second-order valence-corrected chi connectivity index (χ2v) is 10.2. The quantitative estimate of drug-likeness (QED) is 0.614. The first-order valence-electron chi connectivity index (χ1n) is 9.98. The molecule has 30 heavy (non-hydrogen) atoms. The Hall–Kier alpha value is -2.56. The normalized spacial score (nSPS) is 15.8. The maximum absolute atomic E-state index is 13.2. The number of nitrogens with two attached hydrogens (primary N) is 1. The second-order valence-electron chi connectivity index (χ2n) is 8.47. The molecule has 0 unspecified atom stereocenters. The fourth-order valence-electron chi connectivity index (χ4n) is 4.02. The van der Waals surface area contributed by atoms with Crippen LogP contribution in [0.25, 0.3) is 16.9 Å². The Morgan fingerprint density at radius 1 is 1.20 bits per heavy atom. The average molecular weight is 430 g/mol. The summed E-state index contributed by atoms with van der Waals surface area (Å²) < 4.78 is 30.8. The molecule has 1 aliphatic rings. The molecule has 1 fully saturated rings. The number of anilines is 1. The van der Waals surface area contributed by atoms with Gasteiger partial charge in [-0.25, -0.2) is 27.6 Å². The molecule has 0 bridgehead atoms. The number of nitrogen functional groups attached to an aromatic ring is 1. The summed E-state index contributed by atoms with van der Waals surface area (Å²) in [7, 11) is -3.72. The number of sulfonamides is 1. The third-order valence-electron chi connectivity index (χ3n) is 5.35. The molecular weight excluding hydrogens is 402 g/mol. The van der Waals surface area contributed by atoms with Crippen molar-refractivity contribution in [2.24, 2.45) is 0 Å². The molecule has 0 radical (unpaired) electrons. The monoisotopic (exact) mass is 429 g/mol. The summed E-state index contributed by atoms with van der Waals surface area (Å²) >= 11 is 0. The van der Waals surface area contributed by atoms with Gasteiger partial charge in [-0.15, -0.1) is 0 Å². The highest BCUT2D eigenvalue weighted by atomic mass is 32.2. The van der Waals surface area contributed by atoms with Crippen molar-refractivity contribution in [1.82, 2.24) is 29.2 Å². The van der Waals surface area contributed by atoms with E-state index in [2.05, 4.69) is 24.7 Å². The molecule has 3 heterocycles. The van der Waals surface area contributed by atoms with Gasteiger partial charge >= 0.3 is 0 Å². The predicted molar refractivity (Wildman–Crippen MR) is 115 cm³/mol. The highest BCUT2D eigenvalue weighted by Gasteiger charge is 2.30. The van der Waals surface area contributed by atoms with Gasteiger partial charge in [-0.2, -0.15) is 5.10 Å². The highest BCUT2D eigenvalue weighted by Crippen LogP contribution is 2.28. The van der Waals surface area contributed by atoms with E-state index >= 15 is 0 Å². The number of fused-ring (bicyclic) bond motifs is 1. The summed E-state index contributed by atoms with van der Waals surface area (Å²) in [5.41, 5.74) is 8.02. The van der Waals surface area contributed by atoms with E-state index in [4.69, 9.17) is 5.73 Å². The van der Waals surface area contributed by atoms with Gasteiger partial charge in [-0.3, -0.25) is 0 Å². The zero-order valence-electron chi connectivity index (χ0n) is 17.5. The van der Waals surface area contributed by atoms with E-state index in [0.717, 1.165) is 37.1 Å². The largest absolute Gasteiger partial charge is 0.381 e. The first kappa shape index (κ1) is 20.7. The van der Waals surface area contributed by atoms with Crippen LogP contribution < -0.4 is 10.5 Å². The molecule has 0 saturated carbocycles. The Balaban J connectivity index is 1.67. The van der Waals surface area contributed by atoms with Crippen molar-refractivity contribution in [3.8, 4) is 11.3 Å². The van der Waals surface area contributed by atoms with Crippen LogP contribution >= 0.6 is 0 Å². The molecule has 1 saturated heterocycles. The molecule has 160 valence electrons. The predicted octanol–water partition coefficient (Wildman–Crippen LogP) is 1.83. The minimum Gasteiger partial charge on any atom is -0.381 e. The molecule has 2 aromatic heterocycles. The van der Waals surface area contributed by atoms with Gasteiger partial charge in [0.15, 0.2) is 11.5 Å². The van der Waals surface area contributed by atoms with E-state index in [1.165, 1.54) is 6.33 Å². The zero-order valence-corrected chi connectivity index (χ0v) is 18.3. The maximum atomic E-state index is 13.2. The lowest BCUT2D eigenvalue weighted by Gasteiger charge is -2.30. The maximum Gasteiger partial charge on any atom is 0.241 e. The Bertz CT molecular complexity index is 1180. The van der Waals surface area contributed by atoms with Gasteiger partial charge in [0.2, 0.25) is 10.0 Å². The summed E-state index contributed by atoms with van der Waals surface area (Å²) in [6.07, 6.45) is 5.31. The summed E-state index contributed by atoms with van der Waals surface area (Å²) in [6, 6.07) is 5.08. The fraction of sp³-hybridized carbons (Fsp3) is 0.450. The molecule has 10 heteroatoms. The molecule has 9 nitrogen and oxygen atoms in total. The van der Waals surface area contributed by atoms with Crippen LogP contribution in [0.15, 0.2) is 35.6 Å². The SMILES string of the molecule is Cc1ccc(S(=O)(=O)NC(C)(C)CN2CCCC2)cc1-c1cnc2c(N)ncnn12. The van der Waals surface area contributed by atoms with Gasteiger partial charge < -0.3 is 10.6 Å². The van der Waals surface area contributed by atoms with Crippen LogP contribution in [0.4, 0.5) is 5.82 Å². The smallest absolute Gasteiger partial charge is 0.241 e. The molecule has 0 spiro atoms. The van der Waals surface area contributed by atoms with Crippen molar-refractivity contribution in [3.05, 3.63) is 36.3 Å². The van der Waals surface area contributed by atoms with E-state index in [1.807, 2.05) is 20.8 Å². The van der Waals surface area contributed by atoms with Crippen molar-refractivity contribution in [2.45, 2.75) is 44.0 Å². The van der Waals surface area contributed by atoms with Gasteiger partial charge in [0.25, 0.3) is 0 Å². The molecule has 1 aliphatic heterocycles. The van der Waals surface area contributed by atoms with Crippen molar-refractivity contribution in [2.75, 3.05) is 25.4 Å². The Labute approximate surface area is 176 Å². The number of benzene rings is 1. The van der Waals surface area contributed by atoms with Gasteiger partial charge in [0, 0.05) is 17.6 Å². The zero-order chi connectivity index (χ0) is 21.5. The van der Waals surface area contributed by atoms with Crippen molar-refractivity contribution in [1.29, 1.82) is 0 Å². The number of aromatic nitrogens is 4. The van der Waals surface area contributed by atoms with E-state index in [0.29, 0.717) is 17.9 Å². The summed E-state index contributed by atoms with van der Waals surface area (Å²) in [5.74, 6) is 0.267. The highest BCUT2D eigenvalue weighted by molar-refractivity contribution is 7.89. The van der Waals surface area contributed by atoms with E-state index in [9.17, 15) is 8.42 Å². The number of nitrogens with zero attached hydrogens (tertiary/aromatic N) is 5. The number of hydrogen-bond acceptors (Lipinski definition) is 7. The second kappa shape index (κ2) is 7.60. The summed E-state index contributed by atoms with van der Waals surface area (Å²) in [4.78, 5) is 10.7. The van der Waals surface area contributed by atoms with Crippen LogP contribution in [0.2, 0.25) is 0 Å².